The Morgan fingerprint density at radius 3 is 2.47 bits per heavy atom. The van der Waals surface area contributed by atoms with Crippen molar-refractivity contribution < 1.29 is 24.0 Å². The second-order valence-electron chi connectivity index (χ2n) is 6.16. The first-order valence-corrected chi connectivity index (χ1v) is 8.94. The fraction of sp³-hybridized carbons (Fsp3) is 0.263. The maximum absolute atomic E-state index is 12.6. The zero-order chi connectivity index (χ0) is 22.4. The van der Waals surface area contributed by atoms with Gasteiger partial charge in [0, 0.05) is 17.8 Å². The molecule has 0 heterocycles. The van der Waals surface area contributed by atoms with Gasteiger partial charge in [0.15, 0.2) is 23.0 Å². The van der Waals surface area contributed by atoms with E-state index in [2.05, 4.69) is 15.5 Å². The van der Waals surface area contributed by atoms with Crippen molar-refractivity contribution in [3.05, 3.63) is 51.0 Å². The predicted octanol–water partition coefficient (Wildman–Crippen LogP) is 4.25. The van der Waals surface area contributed by atoms with E-state index in [1.807, 2.05) is 0 Å². The normalized spacial score (nSPS) is 11.8. The summed E-state index contributed by atoms with van der Waals surface area (Å²) < 4.78 is 10.3. The minimum Gasteiger partial charge on any atom is -0.493 e. The van der Waals surface area contributed by atoms with Gasteiger partial charge in [0.05, 0.1) is 24.2 Å². The average molecular weight is 435 g/mol. The Morgan fingerprint density at radius 1 is 1.20 bits per heavy atom. The molecule has 0 aliphatic carbocycles. The molecular weight excluding hydrogens is 416 g/mol. The highest BCUT2D eigenvalue weighted by atomic mass is 35.5. The number of nitro benzene ring substituents is 1. The average Bonchev–Trinajstić information content (AvgIpc) is 2.68. The van der Waals surface area contributed by atoms with E-state index in [9.17, 15) is 19.7 Å². The number of Topliss-reactive ketones (excluding diaryl/α,β-unsaturated/α-hetero) is 1. The van der Waals surface area contributed by atoms with Crippen molar-refractivity contribution in [2.24, 2.45) is 10.2 Å². The lowest BCUT2D eigenvalue weighted by atomic mass is 10.2. The van der Waals surface area contributed by atoms with Gasteiger partial charge < -0.3 is 14.8 Å². The lowest BCUT2D eigenvalue weighted by Gasteiger charge is -2.14. The molecule has 2 rings (SSSR count). The van der Waals surface area contributed by atoms with Crippen molar-refractivity contribution in [2.45, 2.75) is 19.9 Å². The van der Waals surface area contributed by atoms with Gasteiger partial charge in [-0.05, 0) is 31.5 Å². The molecule has 0 saturated carbocycles. The lowest BCUT2D eigenvalue weighted by Crippen LogP contribution is -2.31. The summed E-state index contributed by atoms with van der Waals surface area (Å²) in [6.07, 6.45) is 0. The highest BCUT2D eigenvalue weighted by Crippen LogP contribution is 2.38. The van der Waals surface area contributed by atoms with E-state index in [0.29, 0.717) is 5.56 Å². The molecule has 1 unspecified atom stereocenters. The second-order valence-corrected chi connectivity index (χ2v) is 6.57. The van der Waals surface area contributed by atoms with Crippen LogP contribution in [0.2, 0.25) is 5.02 Å². The van der Waals surface area contributed by atoms with Crippen LogP contribution in [0.4, 0.5) is 17.1 Å². The molecule has 1 amide bonds. The van der Waals surface area contributed by atoms with Crippen LogP contribution >= 0.6 is 11.6 Å². The molecule has 0 bridgehead atoms. The lowest BCUT2D eigenvalue weighted by molar-refractivity contribution is -0.384. The number of amides is 1. The van der Waals surface area contributed by atoms with E-state index in [0.717, 1.165) is 6.92 Å². The molecule has 1 N–H and O–H groups in total. The molecule has 0 spiro atoms. The summed E-state index contributed by atoms with van der Waals surface area (Å²) in [4.78, 5) is 35.1. The summed E-state index contributed by atoms with van der Waals surface area (Å²) in [5, 5.41) is 21.4. The maximum Gasteiger partial charge on any atom is 0.296 e. The van der Waals surface area contributed by atoms with Crippen LogP contribution in [0.15, 0.2) is 40.6 Å². The van der Waals surface area contributed by atoms with Gasteiger partial charge in [-0.3, -0.25) is 19.7 Å². The highest BCUT2D eigenvalue weighted by molar-refractivity contribution is 6.32. The third-order valence-electron chi connectivity index (χ3n) is 3.94. The highest BCUT2D eigenvalue weighted by Gasteiger charge is 2.25. The third kappa shape index (κ3) is 5.29. The van der Waals surface area contributed by atoms with Crippen molar-refractivity contribution in [3.63, 3.8) is 0 Å². The number of ether oxygens (including phenoxy) is 2. The Morgan fingerprint density at radius 2 is 1.90 bits per heavy atom. The summed E-state index contributed by atoms with van der Waals surface area (Å²) in [7, 11) is 2.82. The summed E-state index contributed by atoms with van der Waals surface area (Å²) in [6, 6.07) is 5.68. The quantitative estimate of drug-likeness (QED) is 0.285. The fourth-order valence-electron chi connectivity index (χ4n) is 2.50. The molecule has 1 atom stereocenters. The van der Waals surface area contributed by atoms with E-state index >= 15 is 0 Å². The minimum absolute atomic E-state index is 0.0705. The Balaban J connectivity index is 2.31. The van der Waals surface area contributed by atoms with Crippen LogP contribution in [0.3, 0.4) is 0 Å². The Kier molecular flexibility index (Phi) is 7.43. The van der Waals surface area contributed by atoms with E-state index in [1.54, 1.807) is 13.0 Å². The number of hydrogen-bond donors (Lipinski definition) is 1. The fourth-order valence-corrected chi connectivity index (χ4v) is 2.79. The monoisotopic (exact) mass is 434 g/mol. The molecule has 158 valence electrons. The first kappa shape index (κ1) is 22.8. The predicted molar refractivity (Wildman–Crippen MR) is 110 cm³/mol. The van der Waals surface area contributed by atoms with E-state index in [4.69, 9.17) is 21.1 Å². The van der Waals surface area contributed by atoms with Gasteiger partial charge in [-0.1, -0.05) is 17.7 Å². The number of nitro groups is 1. The number of aryl methyl sites for hydroxylation is 1. The molecule has 11 heteroatoms. The third-order valence-corrected chi connectivity index (χ3v) is 4.22. The molecule has 2 aromatic carbocycles. The minimum atomic E-state index is -1.52. The zero-order valence-electron chi connectivity index (χ0n) is 16.6. The Bertz CT molecular complexity index is 1020. The number of halogens is 1. The first-order chi connectivity index (χ1) is 14.2. The Hall–Kier alpha value is -3.53. The molecule has 0 aliphatic rings. The van der Waals surface area contributed by atoms with Crippen LogP contribution in [0.1, 0.15) is 12.5 Å². The number of nitrogens with zero attached hydrogens (tertiary/aromatic N) is 3. The number of rotatable bonds is 8. The number of carbonyl (C=O) groups is 2. The van der Waals surface area contributed by atoms with E-state index < -0.39 is 22.7 Å². The number of carbonyl (C=O) groups excluding carboxylic acids is 2. The smallest absolute Gasteiger partial charge is 0.296 e. The van der Waals surface area contributed by atoms with Crippen molar-refractivity contribution >= 4 is 40.4 Å². The van der Waals surface area contributed by atoms with Crippen molar-refractivity contribution in [1.82, 2.24) is 0 Å². The van der Waals surface area contributed by atoms with Crippen LogP contribution in [0, 0.1) is 17.0 Å². The van der Waals surface area contributed by atoms with Crippen LogP contribution < -0.4 is 14.8 Å². The van der Waals surface area contributed by atoms with Crippen LogP contribution in [-0.2, 0) is 9.59 Å². The molecular formula is C19H19ClN4O6. The summed E-state index contributed by atoms with van der Waals surface area (Å²) >= 11 is 6.11. The standard InChI is InChI=1S/C19H19ClN4O6/c1-10-5-6-14(15(7-10)24(27)28)22-23-17(11(2)25)19(26)21-12-8-13(20)18(30-4)16(9-12)29-3/h5-9,17H,1-4H3,(H,21,26). The summed E-state index contributed by atoms with van der Waals surface area (Å²) in [5.41, 5.74) is 0.546. The van der Waals surface area contributed by atoms with Gasteiger partial charge in [-0.15, -0.1) is 5.11 Å². The summed E-state index contributed by atoms with van der Waals surface area (Å²) in [5.74, 6) is -0.829. The molecule has 0 aliphatic heterocycles. The van der Waals surface area contributed by atoms with Crippen molar-refractivity contribution in [1.29, 1.82) is 0 Å². The van der Waals surface area contributed by atoms with Gasteiger partial charge in [0.25, 0.3) is 11.6 Å². The van der Waals surface area contributed by atoms with Crippen LogP contribution in [0.5, 0.6) is 11.5 Å². The molecule has 2 aromatic rings. The molecule has 0 radical (unpaired) electrons. The molecule has 0 aromatic heterocycles. The van der Waals surface area contributed by atoms with Crippen LogP contribution in [0.25, 0.3) is 0 Å². The van der Waals surface area contributed by atoms with Crippen molar-refractivity contribution in [2.75, 3.05) is 19.5 Å². The number of azo groups is 1. The van der Waals surface area contributed by atoms with Gasteiger partial charge >= 0.3 is 0 Å². The van der Waals surface area contributed by atoms with Gasteiger partial charge in [0.1, 0.15) is 0 Å². The zero-order valence-corrected chi connectivity index (χ0v) is 17.4. The number of nitrogens with one attached hydrogen (secondary N) is 1. The molecule has 30 heavy (non-hydrogen) atoms. The first-order valence-electron chi connectivity index (χ1n) is 8.56. The number of anilines is 1. The maximum atomic E-state index is 12.6. The van der Waals surface area contributed by atoms with Gasteiger partial charge in [0.2, 0.25) is 6.04 Å². The largest absolute Gasteiger partial charge is 0.493 e. The molecule has 10 nitrogen and oxygen atoms in total. The van der Waals surface area contributed by atoms with E-state index in [-0.39, 0.29) is 33.6 Å². The number of ketones is 1. The SMILES string of the molecule is COc1cc(NC(=O)C(N=Nc2ccc(C)cc2[N+](=O)[O-])C(C)=O)cc(Cl)c1OC. The molecule has 0 saturated heterocycles. The summed E-state index contributed by atoms with van der Waals surface area (Å²) in [6.45, 7) is 2.85. The topological polar surface area (TPSA) is 132 Å². The van der Waals surface area contributed by atoms with E-state index in [1.165, 1.54) is 38.5 Å². The van der Waals surface area contributed by atoms with Crippen LogP contribution in [-0.4, -0.2) is 36.9 Å². The van der Waals surface area contributed by atoms with Gasteiger partial charge in [-0.2, -0.15) is 5.11 Å². The Labute approximate surface area is 177 Å². The number of methoxy groups -OCH3 is 2. The van der Waals surface area contributed by atoms with Crippen molar-refractivity contribution in [3.8, 4) is 11.5 Å². The second kappa shape index (κ2) is 9.79. The van der Waals surface area contributed by atoms with Gasteiger partial charge in [-0.25, -0.2) is 0 Å². The number of benzene rings is 2. The number of hydrogen-bond acceptors (Lipinski definition) is 8. The molecule has 0 fully saturated rings.